The number of ether oxygens (including phenoxy) is 1. The van der Waals surface area contributed by atoms with Crippen LogP contribution in [-0.2, 0) is 6.61 Å². The summed E-state index contributed by atoms with van der Waals surface area (Å²) in [5.74, 6) is -0.528. The summed E-state index contributed by atoms with van der Waals surface area (Å²) in [4.78, 5) is 0. The molecular weight excluding hydrogens is 260 g/mol. The summed E-state index contributed by atoms with van der Waals surface area (Å²) in [5, 5.41) is 0. The van der Waals surface area contributed by atoms with E-state index < -0.39 is 11.6 Å². The van der Waals surface area contributed by atoms with Gasteiger partial charge in [-0.25, -0.2) is 8.78 Å². The van der Waals surface area contributed by atoms with Gasteiger partial charge in [0.2, 0.25) is 0 Å². The lowest BCUT2D eigenvalue weighted by molar-refractivity contribution is 0.302. The molecule has 0 bridgehead atoms. The van der Waals surface area contributed by atoms with Gasteiger partial charge in [-0.2, -0.15) is 0 Å². The Kier molecular flexibility index (Phi) is 4.35. The maximum atomic E-state index is 13.1. The molecule has 0 aliphatic rings. The van der Waals surface area contributed by atoms with Crippen molar-refractivity contribution in [2.45, 2.75) is 26.5 Å². The highest BCUT2D eigenvalue weighted by Crippen LogP contribution is 2.23. The Balaban J connectivity index is 2.11. The Hall–Kier alpha value is -1.94. The van der Waals surface area contributed by atoms with Gasteiger partial charge in [-0.1, -0.05) is 12.1 Å². The fourth-order valence-corrected chi connectivity index (χ4v) is 1.97. The number of hydrogen-bond acceptors (Lipinski definition) is 2. The third-order valence-corrected chi connectivity index (χ3v) is 3.04. The van der Waals surface area contributed by atoms with Crippen LogP contribution in [0.3, 0.4) is 0 Å². The minimum absolute atomic E-state index is 0.0416. The molecule has 0 radical (unpaired) electrons. The van der Waals surface area contributed by atoms with Gasteiger partial charge in [-0.15, -0.1) is 0 Å². The Morgan fingerprint density at radius 2 is 1.75 bits per heavy atom. The first-order valence-corrected chi connectivity index (χ1v) is 6.39. The SMILES string of the molecule is Cc1cc([C@H](C)N)ccc1OCc1cc(F)cc(F)c1. The zero-order chi connectivity index (χ0) is 14.7. The van der Waals surface area contributed by atoms with Crippen molar-refractivity contribution in [2.24, 2.45) is 5.73 Å². The molecule has 0 saturated heterocycles. The molecule has 2 aromatic carbocycles. The van der Waals surface area contributed by atoms with E-state index in [1.165, 1.54) is 12.1 Å². The van der Waals surface area contributed by atoms with Crippen molar-refractivity contribution in [3.05, 3.63) is 64.7 Å². The van der Waals surface area contributed by atoms with Gasteiger partial charge in [-0.05, 0) is 48.7 Å². The van der Waals surface area contributed by atoms with Gasteiger partial charge in [0.15, 0.2) is 0 Å². The van der Waals surface area contributed by atoms with E-state index in [1.807, 2.05) is 32.0 Å². The third-order valence-electron chi connectivity index (χ3n) is 3.04. The van der Waals surface area contributed by atoms with Crippen LogP contribution >= 0.6 is 0 Å². The van der Waals surface area contributed by atoms with Gasteiger partial charge in [0, 0.05) is 12.1 Å². The molecule has 0 aliphatic heterocycles. The van der Waals surface area contributed by atoms with E-state index in [0.29, 0.717) is 11.3 Å². The minimum atomic E-state index is -0.604. The van der Waals surface area contributed by atoms with E-state index in [0.717, 1.165) is 17.2 Å². The van der Waals surface area contributed by atoms with Crippen LogP contribution in [0.25, 0.3) is 0 Å². The summed E-state index contributed by atoms with van der Waals surface area (Å²) in [6.45, 7) is 3.94. The van der Waals surface area contributed by atoms with Crippen molar-refractivity contribution in [1.29, 1.82) is 0 Å². The number of aryl methyl sites for hydroxylation is 1. The number of rotatable bonds is 4. The zero-order valence-corrected chi connectivity index (χ0v) is 11.5. The normalized spacial score (nSPS) is 12.2. The summed E-state index contributed by atoms with van der Waals surface area (Å²) >= 11 is 0. The summed E-state index contributed by atoms with van der Waals surface area (Å²) < 4.78 is 31.7. The third kappa shape index (κ3) is 3.54. The maximum Gasteiger partial charge on any atom is 0.126 e. The van der Waals surface area contributed by atoms with Crippen LogP contribution in [0, 0.1) is 18.6 Å². The standard InChI is InChI=1S/C16H17F2NO/c1-10-5-13(11(2)19)3-4-16(10)20-9-12-6-14(17)8-15(18)7-12/h3-8,11H,9,19H2,1-2H3/t11-/m0/s1. The number of benzene rings is 2. The lowest BCUT2D eigenvalue weighted by Crippen LogP contribution is -2.05. The Labute approximate surface area is 117 Å². The monoisotopic (exact) mass is 277 g/mol. The highest BCUT2D eigenvalue weighted by molar-refractivity contribution is 5.37. The fraction of sp³-hybridized carbons (Fsp3) is 0.250. The largest absolute Gasteiger partial charge is 0.489 e. The molecule has 2 aromatic rings. The second-order valence-corrected chi connectivity index (χ2v) is 4.88. The average molecular weight is 277 g/mol. The van der Waals surface area contributed by atoms with Crippen molar-refractivity contribution < 1.29 is 13.5 Å². The summed E-state index contributed by atoms with van der Waals surface area (Å²) in [6.07, 6.45) is 0. The van der Waals surface area contributed by atoms with Crippen LogP contribution in [-0.4, -0.2) is 0 Å². The predicted octanol–water partition coefficient (Wildman–Crippen LogP) is 3.87. The molecule has 106 valence electrons. The van der Waals surface area contributed by atoms with Crippen LogP contribution in [0.4, 0.5) is 8.78 Å². The van der Waals surface area contributed by atoms with E-state index in [4.69, 9.17) is 10.5 Å². The Morgan fingerprint density at radius 1 is 1.10 bits per heavy atom. The summed E-state index contributed by atoms with van der Waals surface area (Å²) in [7, 11) is 0. The van der Waals surface area contributed by atoms with E-state index in [1.54, 1.807) is 0 Å². The van der Waals surface area contributed by atoms with E-state index >= 15 is 0 Å². The molecule has 4 heteroatoms. The van der Waals surface area contributed by atoms with Crippen LogP contribution in [0.2, 0.25) is 0 Å². The van der Waals surface area contributed by atoms with Crippen LogP contribution in [0.1, 0.15) is 29.7 Å². The first-order valence-electron chi connectivity index (χ1n) is 6.39. The highest BCUT2D eigenvalue weighted by atomic mass is 19.1. The van der Waals surface area contributed by atoms with Gasteiger partial charge >= 0.3 is 0 Å². The Morgan fingerprint density at radius 3 is 2.30 bits per heavy atom. The molecule has 1 atom stereocenters. The number of nitrogens with two attached hydrogens (primary N) is 1. The molecule has 0 saturated carbocycles. The molecule has 0 amide bonds. The first kappa shape index (κ1) is 14.5. The lowest BCUT2D eigenvalue weighted by Gasteiger charge is -2.12. The predicted molar refractivity (Wildman–Crippen MR) is 74.5 cm³/mol. The topological polar surface area (TPSA) is 35.2 Å². The second-order valence-electron chi connectivity index (χ2n) is 4.88. The molecule has 2 nitrogen and oxygen atoms in total. The lowest BCUT2D eigenvalue weighted by atomic mass is 10.1. The highest BCUT2D eigenvalue weighted by Gasteiger charge is 2.06. The molecule has 2 rings (SSSR count). The number of halogens is 2. The van der Waals surface area contributed by atoms with Gasteiger partial charge in [0.05, 0.1) is 0 Å². The van der Waals surface area contributed by atoms with E-state index in [-0.39, 0.29) is 12.6 Å². The van der Waals surface area contributed by atoms with E-state index in [2.05, 4.69) is 0 Å². The molecule has 0 spiro atoms. The average Bonchev–Trinajstić information content (AvgIpc) is 2.36. The molecule has 0 unspecified atom stereocenters. The molecule has 0 aliphatic carbocycles. The zero-order valence-electron chi connectivity index (χ0n) is 11.5. The number of hydrogen-bond donors (Lipinski definition) is 1. The van der Waals surface area contributed by atoms with Crippen molar-refractivity contribution in [2.75, 3.05) is 0 Å². The van der Waals surface area contributed by atoms with Crippen molar-refractivity contribution in [1.82, 2.24) is 0 Å². The molecule has 0 heterocycles. The van der Waals surface area contributed by atoms with Gasteiger partial charge in [-0.3, -0.25) is 0 Å². The fourth-order valence-electron chi connectivity index (χ4n) is 1.97. The van der Waals surface area contributed by atoms with E-state index in [9.17, 15) is 8.78 Å². The molecule has 20 heavy (non-hydrogen) atoms. The van der Waals surface area contributed by atoms with Crippen LogP contribution in [0.5, 0.6) is 5.75 Å². The van der Waals surface area contributed by atoms with Crippen molar-refractivity contribution in [3.63, 3.8) is 0 Å². The summed E-state index contributed by atoms with van der Waals surface area (Å²) in [6, 6.07) is 8.98. The summed E-state index contributed by atoms with van der Waals surface area (Å²) in [5.41, 5.74) is 8.22. The molecular formula is C16H17F2NO. The van der Waals surface area contributed by atoms with Crippen molar-refractivity contribution >= 4 is 0 Å². The first-order chi connectivity index (χ1) is 9.45. The van der Waals surface area contributed by atoms with Crippen LogP contribution < -0.4 is 10.5 Å². The molecule has 0 fully saturated rings. The molecule has 0 aromatic heterocycles. The van der Waals surface area contributed by atoms with Crippen molar-refractivity contribution in [3.8, 4) is 5.75 Å². The second kappa shape index (κ2) is 6.01. The van der Waals surface area contributed by atoms with Gasteiger partial charge in [0.25, 0.3) is 0 Å². The smallest absolute Gasteiger partial charge is 0.126 e. The molecule has 2 N–H and O–H groups in total. The maximum absolute atomic E-state index is 13.1. The van der Waals surface area contributed by atoms with Gasteiger partial charge < -0.3 is 10.5 Å². The van der Waals surface area contributed by atoms with Gasteiger partial charge in [0.1, 0.15) is 24.0 Å². The minimum Gasteiger partial charge on any atom is -0.489 e. The quantitative estimate of drug-likeness (QED) is 0.920. The Bertz CT molecular complexity index is 591. The van der Waals surface area contributed by atoms with Crippen LogP contribution in [0.15, 0.2) is 36.4 Å².